The third kappa shape index (κ3) is 2.54. The zero-order chi connectivity index (χ0) is 12.2. The third-order valence-corrected chi connectivity index (χ3v) is 4.16. The van der Waals surface area contributed by atoms with E-state index in [2.05, 4.69) is 39.9 Å². The van der Waals surface area contributed by atoms with Crippen LogP contribution in [0.25, 0.3) is 0 Å². The first-order valence-corrected chi connectivity index (χ1v) is 7.22. The fourth-order valence-corrected chi connectivity index (χ4v) is 3.03. The van der Waals surface area contributed by atoms with Crippen molar-refractivity contribution in [3.05, 3.63) is 46.4 Å². The molecule has 2 N–H and O–H groups in total. The summed E-state index contributed by atoms with van der Waals surface area (Å²) in [6.45, 7) is 3.04. The molecule has 2 aromatic rings. The maximum absolute atomic E-state index is 4.09. The summed E-state index contributed by atoms with van der Waals surface area (Å²) in [6, 6.07) is 8.63. The molecule has 1 aromatic heterocycles. The highest BCUT2D eigenvalue weighted by Gasteiger charge is 2.18. The van der Waals surface area contributed by atoms with E-state index in [-0.39, 0.29) is 0 Å². The maximum atomic E-state index is 4.09. The van der Waals surface area contributed by atoms with Crippen molar-refractivity contribution in [2.24, 2.45) is 0 Å². The minimum Gasteiger partial charge on any atom is -0.385 e. The molecule has 1 unspecified atom stereocenters. The first kappa shape index (κ1) is 11.7. The van der Waals surface area contributed by atoms with Crippen LogP contribution in [0.15, 0.2) is 36.0 Å². The molecule has 0 saturated carbocycles. The molecule has 2 heterocycles. The molecule has 4 heteroatoms. The monoisotopic (exact) mass is 259 g/mol. The van der Waals surface area contributed by atoms with E-state index < -0.39 is 0 Å². The fourth-order valence-electron chi connectivity index (χ4n) is 2.46. The molecule has 0 amide bonds. The summed E-state index contributed by atoms with van der Waals surface area (Å²) in [4.78, 5) is 5.40. The molecular weight excluding hydrogens is 242 g/mol. The van der Waals surface area contributed by atoms with Crippen LogP contribution in [0, 0.1) is 0 Å². The number of para-hydroxylation sites is 1. The summed E-state index contributed by atoms with van der Waals surface area (Å²) in [5, 5.41) is 7.00. The lowest BCUT2D eigenvalue weighted by molar-refractivity contribution is 0.553. The number of nitrogens with one attached hydrogen (secondary N) is 2. The van der Waals surface area contributed by atoms with E-state index >= 15 is 0 Å². The molecule has 0 bridgehead atoms. The SMILES string of the molecule is c1ccc2c(c1)NCCC2CNCc1cncs1. The Kier molecular flexibility index (Phi) is 3.57. The van der Waals surface area contributed by atoms with Gasteiger partial charge in [-0.3, -0.25) is 4.98 Å². The first-order chi connectivity index (χ1) is 8.93. The van der Waals surface area contributed by atoms with Gasteiger partial charge in [0.05, 0.1) is 5.51 Å². The molecule has 0 spiro atoms. The van der Waals surface area contributed by atoms with Crippen LogP contribution in [0.4, 0.5) is 5.69 Å². The van der Waals surface area contributed by atoms with Crippen LogP contribution in [0.5, 0.6) is 0 Å². The average molecular weight is 259 g/mol. The third-order valence-electron chi connectivity index (χ3n) is 3.38. The summed E-state index contributed by atoms with van der Waals surface area (Å²) in [5.41, 5.74) is 4.63. The second-order valence-electron chi connectivity index (χ2n) is 4.60. The fraction of sp³-hybridized carbons (Fsp3) is 0.357. The van der Waals surface area contributed by atoms with Crippen LogP contribution >= 0.6 is 11.3 Å². The van der Waals surface area contributed by atoms with Crippen LogP contribution in [-0.4, -0.2) is 18.1 Å². The zero-order valence-electron chi connectivity index (χ0n) is 10.2. The molecular formula is C14H17N3S. The van der Waals surface area contributed by atoms with Crippen molar-refractivity contribution in [1.29, 1.82) is 0 Å². The molecule has 1 aliphatic rings. The smallest absolute Gasteiger partial charge is 0.0794 e. The van der Waals surface area contributed by atoms with Gasteiger partial charge in [-0.15, -0.1) is 11.3 Å². The summed E-state index contributed by atoms with van der Waals surface area (Å²) >= 11 is 1.71. The molecule has 0 aliphatic carbocycles. The molecule has 1 atom stereocenters. The van der Waals surface area contributed by atoms with E-state index in [0.29, 0.717) is 5.92 Å². The Morgan fingerprint density at radius 1 is 1.39 bits per heavy atom. The van der Waals surface area contributed by atoms with E-state index in [1.54, 1.807) is 11.3 Å². The Balaban J connectivity index is 1.60. The van der Waals surface area contributed by atoms with Crippen LogP contribution in [0.3, 0.4) is 0 Å². The van der Waals surface area contributed by atoms with Crippen molar-refractivity contribution in [3.8, 4) is 0 Å². The lowest BCUT2D eigenvalue weighted by Crippen LogP contribution is -2.26. The van der Waals surface area contributed by atoms with Gasteiger partial charge in [0.15, 0.2) is 0 Å². The van der Waals surface area contributed by atoms with E-state index in [1.807, 2.05) is 11.7 Å². The van der Waals surface area contributed by atoms with Crippen LogP contribution < -0.4 is 10.6 Å². The number of thiazole rings is 1. The highest BCUT2D eigenvalue weighted by atomic mass is 32.1. The van der Waals surface area contributed by atoms with Gasteiger partial charge < -0.3 is 10.6 Å². The number of hydrogen-bond acceptors (Lipinski definition) is 4. The highest BCUT2D eigenvalue weighted by Crippen LogP contribution is 2.30. The minimum absolute atomic E-state index is 0.621. The van der Waals surface area contributed by atoms with E-state index in [4.69, 9.17) is 0 Å². The van der Waals surface area contributed by atoms with Gasteiger partial charge in [-0.1, -0.05) is 18.2 Å². The van der Waals surface area contributed by atoms with Crippen molar-refractivity contribution >= 4 is 17.0 Å². The van der Waals surface area contributed by atoms with E-state index in [1.165, 1.54) is 22.5 Å². The Hall–Kier alpha value is -1.39. The average Bonchev–Trinajstić information content (AvgIpc) is 2.92. The Morgan fingerprint density at radius 2 is 2.33 bits per heavy atom. The summed E-state index contributed by atoms with van der Waals surface area (Å²) < 4.78 is 0. The number of anilines is 1. The number of nitrogens with zero attached hydrogens (tertiary/aromatic N) is 1. The van der Waals surface area contributed by atoms with Crippen LogP contribution in [0.2, 0.25) is 0 Å². The molecule has 1 aromatic carbocycles. The minimum atomic E-state index is 0.621. The normalized spacial score (nSPS) is 18.1. The molecule has 1 aliphatic heterocycles. The molecule has 0 saturated heterocycles. The van der Waals surface area contributed by atoms with Crippen molar-refractivity contribution in [2.45, 2.75) is 18.9 Å². The molecule has 0 radical (unpaired) electrons. The lowest BCUT2D eigenvalue weighted by Gasteiger charge is -2.26. The number of hydrogen-bond donors (Lipinski definition) is 2. The summed E-state index contributed by atoms with van der Waals surface area (Å²) in [7, 11) is 0. The van der Waals surface area contributed by atoms with Crippen molar-refractivity contribution in [3.63, 3.8) is 0 Å². The van der Waals surface area contributed by atoms with Crippen molar-refractivity contribution in [1.82, 2.24) is 10.3 Å². The summed E-state index contributed by atoms with van der Waals surface area (Å²) in [6.07, 6.45) is 3.14. The van der Waals surface area contributed by atoms with Gasteiger partial charge in [0.2, 0.25) is 0 Å². The topological polar surface area (TPSA) is 37.0 Å². The molecule has 94 valence electrons. The highest BCUT2D eigenvalue weighted by molar-refractivity contribution is 7.09. The van der Waals surface area contributed by atoms with Gasteiger partial charge in [0, 0.05) is 42.3 Å². The van der Waals surface area contributed by atoms with E-state index in [0.717, 1.165) is 19.6 Å². The number of benzene rings is 1. The van der Waals surface area contributed by atoms with Gasteiger partial charge in [-0.25, -0.2) is 0 Å². The van der Waals surface area contributed by atoms with Crippen LogP contribution in [0.1, 0.15) is 22.8 Å². The van der Waals surface area contributed by atoms with Gasteiger partial charge in [0.25, 0.3) is 0 Å². The van der Waals surface area contributed by atoms with Crippen molar-refractivity contribution in [2.75, 3.05) is 18.4 Å². The quantitative estimate of drug-likeness (QED) is 0.886. The van der Waals surface area contributed by atoms with Gasteiger partial charge in [-0.2, -0.15) is 0 Å². The Labute approximate surface area is 111 Å². The standard InChI is InChI=1S/C14H17N3S/c1-2-4-14-13(3-1)11(5-6-17-14)7-15-8-12-9-16-10-18-12/h1-4,9-11,15,17H,5-8H2. The maximum Gasteiger partial charge on any atom is 0.0794 e. The largest absolute Gasteiger partial charge is 0.385 e. The Bertz CT molecular complexity index is 496. The van der Waals surface area contributed by atoms with E-state index in [9.17, 15) is 0 Å². The first-order valence-electron chi connectivity index (χ1n) is 6.34. The van der Waals surface area contributed by atoms with Gasteiger partial charge >= 0.3 is 0 Å². The second kappa shape index (κ2) is 5.50. The molecule has 3 rings (SSSR count). The molecule has 3 nitrogen and oxygen atoms in total. The molecule has 18 heavy (non-hydrogen) atoms. The number of aromatic nitrogens is 1. The van der Waals surface area contributed by atoms with Gasteiger partial charge in [0.1, 0.15) is 0 Å². The van der Waals surface area contributed by atoms with Gasteiger partial charge in [-0.05, 0) is 18.1 Å². The predicted octanol–water partition coefficient (Wildman–Crippen LogP) is 2.83. The number of fused-ring (bicyclic) bond motifs is 1. The lowest BCUT2D eigenvalue weighted by atomic mass is 9.91. The van der Waals surface area contributed by atoms with Crippen LogP contribution in [-0.2, 0) is 6.54 Å². The zero-order valence-corrected chi connectivity index (χ0v) is 11.0. The number of rotatable bonds is 4. The second-order valence-corrected chi connectivity index (χ2v) is 5.57. The Morgan fingerprint density at radius 3 is 3.22 bits per heavy atom. The molecule has 0 fully saturated rings. The summed E-state index contributed by atoms with van der Waals surface area (Å²) in [5.74, 6) is 0.621. The van der Waals surface area contributed by atoms with Crippen molar-refractivity contribution < 1.29 is 0 Å². The predicted molar refractivity (Wildman–Crippen MR) is 76.1 cm³/mol.